The number of benzene rings is 1. The summed E-state index contributed by atoms with van der Waals surface area (Å²) < 4.78 is 24.8. The summed E-state index contributed by atoms with van der Waals surface area (Å²) in [7, 11) is -3.40. The molecule has 10 heteroatoms. The van der Waals surface area contributed by atoms with Gasteiger partial charge in [-0.25, -0.2) is 13.4 Å². The molecule has 1 saturated heterocycles. The maximum atomic E-state index is 13.1. The number of nitrogens with zero attached hydrogens (tertiary/aromatic N) is 3. The summed E-state index contributed by atoms with van der Waals surface area (Å²) in [5.41, 5.74) is 1.07. The topological polar surface area (TPSA) is 87.7 Å². The van der Waals surface area contributed by atoms with Crippen LogP contribution >= 0.6 is 22.9 Å². The van der Waals surface area contributed by atoms with Gasteiger partial charge in [-0.3, -0.25) is 9.59 Å². The third-order valence-corrected chi connectivity index (χ3v) is 8.08. The molecule has 2 amide bonds. The number of amides is 2. The molecule has 0 radical (unpaired) electrons. The summed E-state index contributed by atoms with van der Waals surface area (Å²) in [5, 5.41) is 0.634. The number of carbonyl (C=O) groups excluding carboxylic acids is 2. The van der Waals surface area contributed by atoms with Gasteiger partial charge in [0.2, 0.25) is 11.8 Å². The number of hydrogen-bond acceptors (Lipinski definition) is 6. The van der Waals surface area contributed by atoms with Crippen LogP contribution in [0, 0.1) is 0 Å². The lowest BCUT2D eigenvalue weighted by molar-refractivity contribution is -0.130. The number of sulfone groups is 1. The highest BCUT2D eigenvalue weighted by molar-refractivity contribution is 7.90. The number of anilines is 1. The first-order valence-electron chi connectivity index (χ1n) is 9.66. The van der Waals surface area contributed by atoms with Crippen LogP contribution in [0.4, 0.5) is 5.69 Å². The number of thiazole rings is 1. The molecule has 2 aromatic rings. The van der Waals surface area contributed by atoms with Crippen molar-refractivity contribution >= 4 is 50.3 Å². The number of aromatic nitrogens is 1. The van der Waals surface area contributed by atoms with Crippen molar-refractivity contribution in [2.24, 2.45) is 0 Å². The van der Waals surface area contributed by atoms with Gasteiger partial charge >= 0.3 is 0 Å². The minimum Gasteiger partial charge on any atom is -0.342 e. The second-order valence-corrected chi connectivity index (χ2v) is 11.6. The van der Waals surface area contributed by atoms with E-state index in [1.165, 1.54) is 29.9 Å². The standard InChI is InChI=1S/C20H22ClN3O4S2/c1-3-18(25)23-7-6-20(11-23)12-24(19(26)9-17-22-10-16(21)29-17)15-5-4-13(8-14(15)20)30(2,27)28/h4-5,8,10H,3,6-7,9,11-12H2,1-2H3. The Balaban J connectivity index is 1.72. The summed E-state index contributed by atoms with van der Waals surface area (Å²) in [6, 6.07) is 4.92. The van der Waals surface area contributed by atoms with Crippen LogP contribution in [0.5, 0.6) is 0 Å². The zero-order valence-corrected chi connectivity index (χ0v) is 19.1. The van der Waals surface area contributed by atoms with Gasteiger partial charge < -0.3 is 9.80 Å². The molecule has 1 spiro atoms. The quantitative estimate of drug-likeness (QED) is 0.689. The van der Waals surface area contributed by atoms with E-state index in [0.29, 0.717) is 47.5 Å². The zero-order valence-electron chi connectivity index (χ0n) is 16.7. The number of hydrogen-bond donors (Lipinski definition) is 0. The fourth-order valence-electron chi connectivity index (χ4n) is 4.35. The molecule has 30 heavy (non-hydrogen) atoms. The molecular formula is C20H22ClN3O4S2. The zero-order chi connectivity index (χ0) is 21.7. The maximum Gasteiger partial charge on any atom is 0.233 e. The molecular weight excluding hydrogens is 446 g/mol. The summed E-state index contributed by atoms with van der Waals surface area (Å²) in [6.45, 7) is 3.32. The van der Waals surface area contributed by atoms with Gasteiger partial charge in [0.15, 0.2) is 9.84 Å². The molecule has 1 aromatic carbocycles. The highest BCUT2D eigenvalue weighted by Crippen LogP contribution is 2.47. The van der Waals surface area contributed by atoms with Gasteiger partial charge in [0.05, 0.1) is 17.5 Å². The van der Waals surface area contributed by atoms with E-state index >= 15 is 0 Å². The summed E-state index contributed by atoms with van der Waals surface area (Å²) in [5.74, 6) is -0.0542. The largest absolute Gasteiger partial charge is 0.342 e. The van der Waals surface area contributed by atoms with Crippen molar-refractivity contribution in [3.05, 3.63) is 39.3 Å². The fraction of sp³-hybridized carbons (Fsp3) is 0.450. The molecule has 0 bridgehead atoms. The number of halogens is 1. The second-order valence-electron chi connectivity index (χ2n) is 7.87. The molecule has 1 unspecified atom stereocenters. The highest BCUT2D eigenvalue weighted by atomic mass is 35.5. The Labute approximate surface area is 184 Å². The van der Waals surface area contributed by atoms with Crippen molar-refractivity contribution in [1.29, 1.82) is 0 Å². The molecule has 2 aliphatic rings. The summed E-state index contributed by atoms with van der Waals surface area (Å²) in [6.07, 6.45) is 3.93. The summed E-state index contributed by atoms with van der Waals surface area (Å²) in [4.78, 5) is 33.3. The van der Waals surface area contributed by atoms with Gasteiger partial charge in [-0.1, -0.05) is 18.5 Å². The first-order valence-corrected chi connectivity index (χ1v) is 12.7. The SMILES string of the molecule is CCC(=O)N1CCC2(C1)CN(C(=O)Cc1ncc(Cl)s1)c1ccc(S(C)(=O)=O)cc12. The van der Waals surface area contributed by atoms with Crippen LogP contribution in [-0.2, 0) is 31.3 Å². The van der Waals surface area contributed by atoms with E-state index in [1.54, 1.807) is 17.0 Å². The molecule has 0 aliphatic carbocycles. The first kappa shape index (κ1) is 21.3. The van der Waals surface area contributed by atoms with E-state index in [0.717, 1.165) is 5.56 Å². The van der Waals surface area contributed by atoms with Gasteiger partial charge in [0, 0.05) is 43.4 Å². The molecule has 0 saturated carbocycles. The van der Waals surface area contributed by atoms with Crippen molar-refractivity contribution < 1.29 is 18.0 Å². The third-order valence-electron chi connectivity index (χ3n) is 5.86. The molecule has 1 fully saturated rings. The fourth-order valence-corrected chi connectivity index (χ4v) is 5.95. The normalized spacial score (nSPS) is 20.8. The van der Waals surface area contributed by atoms with Gasteiger partial charge in [0.1, 0.15) is 9.34 Å². The smallest absolute Gasteiger partial charge is 0.233 e. The summed E-state index contributed by atoms with van der Waals surface area (Å²) >= 11 is 7.21. The minimum atomic E-state index is -3.40. The van der Waals surface area contributed by atoms with E-state index in [-0.39, 0.29) is 23.1 Å². The average molecular weight is 468 g/mol. The van der Waals surface area contributed by atoms with Gasteiger partial charge in [-0.05, 0) is 30.2 Å². The Morgan fingerprint density at radius 1 is 1.27 bits per heavy atom. The van der Waals surface area contributed by atoms with E-state index in [2.05, 4.69) is 4.98 Å². The van der Waals surface area contributed by atoms with Crippen LogP contribution in [0.1, 0.15) is 30.3 Å². The maximum absolute atomic E-state index is 13.1. The molecule has 2 aliphatic heterocycles. The Bertz CT molecular complexity index is 1130. The number of rotatable bonds is 4. The molecule has 1 aromatic heterocycles. The van der Waals surface area contributed by atoms with Crippen LogP contribution in [0.25, 0.3) is 0 Å². The molecule has 4 rings (SSSR count). The van der Waals surface area contributed by atoms with Gasteiger partial charge in [-0.2, -0.15) is 0 Å². The van der Waals surface area contributed by atoms with Crippen LogP contribution in [-0.4, -0.2) is 56.0 Å². The van der Waals surface area contributed by atoms with E-state index in [9.17, 15) is 18.0 Å². The van der Waals surface area contributed by atoms with Crippen LogP contribution in [0.15, 0.2) is 29.3 Å². The molecule has 1 atom stereocenters. The lowest BCUT2D eigenvalue weighted by Gasteiger charge is -2.25. The first-order chi connectivity index (χ1) is 14.1. The molecule has 160 valence electrons. The number of carbonyl (C=O) groups is 2. The lowest BCUT2D eigenvalue weighted by atomic mass is 9.81. The lowest BCUT2D eigenvalue weighted by Crippen LogP contribution is -2.40. The Morgan fingerprint density at radius 3 is 2.67 bits per heavy atom. The Hall–Kier alpha value is -1.97. The van der Waals surface area contributed by atoms with Crippen LogP contribution in [0.3, 0.4) is 0 Å². The molecule has 3 heterocycles. The van der Waals surface area contributed by atoms with Crippen molar-refractivity contribution in [2.45, 2.75) is 36.5 Å². The predicted octanol–water partition coefficient (Wildman–Crippen LogP) is 2.67. The Kier molecular flexibility index (Phi) is 5.40. The van der Waals surface area contributed by atoms with Crippen LogP contribution < -0.4 is 4.90 Å². The van der Waals surface area contributed by atoms with Crippen molar-refractivity contribution in [1.82, 2.24) is 9.88 Å². The van der Waals surface area contributed by atoms with Gasteiger partial charge in [-0.15, -0.1) is 11.3 Å². The second kappa shape index (κ2) is 7.62. The van der Waals surface area contributed by atoms with Gasteiger partial charge in [0.25, 0.3) is 0 Å². The monoisotopic (exact) mass is 467 g/mol. The Morgan fingerprint density at radius 2 is 2.03 bits per heavy atom. The molecule has 7 nitrogen and oxygen atoms in total. The van der Waals surface area contributed by atoms with Crippen molar-refractivity contribution in [3.8, 4) is 0 Å². The highest BCUT2D eigenvalue weighted by Gasteiger charge is 2.49. The van der Waals surface area contributed by atoms with E-state index < -0.39 is 15.3 Å². The van der Waals surface area contributed by atoms with E-state index in [4.69, 9.17) is 11.6 Å². The van der Waals surface area contributed by atoms with Crippen molar-refractivity contribution in [2.75, 3.05) is 30.8 Å². The van der Waals surface area contributed by atoms with Crippen molar-refractivity contribution in [3.63, 3.8) is 0 Å². The van der Waals surface area contributed by atoms with E-state index in [1.807, 2.05) is 11.8 Å². The minimum absolute atomic E-state index is 0.0647. The molecule has 0 N–H and O–H groups in total. The number of fused-ring (bicyclic) bond motifs is 2. The average Bonchev–Trinajstić information content (AvgIpc) is 3.39. The number of likely N-dealkylation sites (tertiary alicyclic amines) is 1. The van der Waals surface area contributed by atoms with Crippen LogP contribution in [0.2, 0.25) is 4.34 Å². The predicted molar refractivity (Wildman–Crippen MR) is 116 cm³/mol. The third kappa shape index (κ3) is 3.74.